The van der Waals surface area contributed by atoms with Crippen molar-refractivity contribution in [2.75, 3.05) is 0 Å². The standard InChI is InChI=1S/C17H20N4OS/c1-11-20-21-10-14(19-16(21)23-11)9-18-15(22)12-5-7-13(8-6-12)17(2,3)4/h5-8,10H,9H2,1-4H3,(H,18,22). The molecule has 0 spiro atoms. The van der Waals surface area contributed by atoms with E-state index in [-0.39, 0.29) is 11.3 Å². The lowest BCUT2D eigenvalue weighted by atomic mass is 9.87. The molecule has 0 aliphatic carbocycles. The van der Waals surface area contributed by atoms with Crippen molar-refractivity contribution in [1.29, 1.82) is 0 Å². The SMILES string of the molecule is Cc1nn2cc(CNC(=O)c3ccc(C(C)(C)C)cc3)nc2s1. The molecule has 2 heterocycles. The number of hydrogen-bond acceptors (Lipinski definition) is 4. The topological polar surface area (TPSA) is 59.3 Å². The molecule has 0 aliphatic rings. The number of amides is 1. The normalized spacial score (nSPS) is 11.8. The van der Waals surface area contributed by atoms with Gasteiger partial charge in [-0.05, 0) is 30.0 Å². The maximum absolute atomic E-state index is 12.2. The van der Waals surface area contributed by atoms with E-state index in [9.17, 15) is 4.79 Å². The van der Waals surface area contributed by atoms with Gasteiger partial charge < -0.3 is 5.32 Å². The molecule has 0 saturated carbocycles. The number of hydrogen-bond donors (Lipinski definition) is 1. The van der Waals surface area contributed by atoms with Crippen LogP contribution in [-0.2, 0) is 12.0 Å². The predicted molar refractivity (Wildman–Crippen MR) is 91.9 cm³/mol. The van der Waals surface area contributed by atoms with E-state index in [1.54, 1.807) is 4.52 Å². The number of nitrogens with one attached hydrogen (secondary N) is 1. The lowest BCUT2D eigenvalue weighted by Gasteiger charge is -2.19. The third kappa shape index (κ3) is 3.42. The highest BCUT2D eigenvalue weighted by Crippen LogP contribution is 2.22. The van der Waals surface area contributed by atoms with Crippen LogP contribution in [-0.4, -0.2) is 20.5 Å². The van der Waals surface area contributed by atoms with Gasteiger partial charge in [0.25, 0.3) is 5.91 Å². The Labute approximate surface area is 139 Å². The molecule has 23 heavy (non-hydrogen) atoms. The zero-order valence-corrected chi connectivity index (χ0v) is 14.6. The van der Waals surface area contributed by atoms with Gasteiger partial charge in [0, 0.05) is 5.56 Å². The van der Waals surface area contributed by atoms with Crippen molar-refractivity contribution in [1.82, 2.24) is 19.9 Å². The van der Waals surface area contributed by atoms with E-state index >= 15 is 0 Å². The summed E-state index contributed by atoms with van der Waals surface area (Å²) in [7, 11) is 0. The fraction of sp³-hybridized carbons (Fsp3) is 0.353. The molecule has 0 fully saturated rings. The van der Waals surface area contributed by atoms with E-state index in [1.807, 2.05) is 37.4 Å². The highest BCUT2D eigenvalue weighted by Gasteiger charge is 2.14. The monoisotopic (exact) mass is 328 g/mol. The first-order valence-electron chi connectivity index (χ1n) is 7.53. The number of aryl methyl sites for hydroxylation is 1. The number of imidazole rings is 1. The average molecular weight is 328 g/mol. The average Bonchev–Trinajstić information content (AvgIpc) is 3.00. The number of carbonyl (C=O) groups is 1. The van der Waals surface area contributed by atoms with E-state index in [4.69, 9.17) is 0 Å². The van der Waals surface area contributed by atoms with Crippen molar-refractivity contribution in [2.24, 2.45) is 0 Å². The smallest absolute Gasteiger partial charge is 0.251 e. The third-order valence-corrected chi connectivity index (χ3v) is 4.48. The van der Waals surface area contributed by atoms with Crippen molar-refractivity contribution in [2.45, 2.75) is 39.7 Å². The molecule has 5 nitrogen and oxygen atoms in total. The van der Waals surface area contributed by atoms with Crippen LogP contribution in [0.5, 0.6) is 0 Å². The van der Waals surface area contributed by atoms with Gasteiger partial charge in [0.1, 0.15) is 5.01 Å². The van der Waals surface area contributed by atoms with Gasteiger partial charge in [-0.3, -0.25) is 4.79 Å². The van der Waals surface area contributed by atoms with E-state index in [1.165, 1.54) is 16.9 Å². The van der Waals surface area contributed by atoms with Crippen LogP contribution in [0.4, 0.5) is 0 Å². The zero-order chi connectivity index (χ0) is 16.6. The summed E-state index contributed by atoms with van der Waals surface area (Å²) in [5, 5.41) is 8.19. The molecule has 0 atom stereocenters. The number of nitrogens with zero attached hydrogens (tertiary/aromatic N) is 3. The highest BCUT2D eigenvalue weighted by atomic mass is 32.1. The third-order valence-electron chi connectivity index (χ3n) is 3.64. The first-order valence-corrected chi connectivity index (χ1v) is 8.35. The summed E-state index contributed by atoms with van der Waals surface area (Å²) in [6, 6.07) is 7.75. The van der Waals surface area contributed by atoms with Crippen LogP contribution in [0.15, 0.2) is 30.5 Å². The van der Waals surface area contributed by atoms with Gasteiger partial charge >= 0.3 is 0 Å². The van der Waals surface area contributed by atoms with Gasteiger partial charge in [-0.25, -0.2) is 9.50 Å². The van der Waals surface area contributed by atoms with Crippen molar-refractivity contribution < 1.29 is 4.79 Å². The largest absolute Gasteiger partial charge is 0.346 e. The summed E-state index contributed by atoms with van der Waals surface area (Å²) in [6.07, 6.45) is 1.85. The van der Waals surface area contributed by atoms with Gasteiger partial charge in [-0.2, -0.15) is 5.10 Å². The summed E-state index contributed by atoms with van der Waals surface area (Å²) in [5.41, 5.74) is 2.77. The van der Waals surface area contributed by atoms with Crippen LogP contribution in [0, 0.1) is 6.92 Å². The number of fused-ring (bicyclic) bond motifs is 1. The second kappa shape index (κ2) is 5.77. The summed E-state index contributed by atoms with van der Waals surface area (Å²) in [4.78, 5) is 17.5. The first kappa shape index (κ1) is 15.7. The minimum absolute atomic E-state index is 0.0856. The maximum atomic E-state index is 12.2. The Morgan fingerprint density at radius 3 is 2.57 bits per heavy atom. The summed E-state index contributed by atoms with van der Waals surface area (Å²) in [6.45, 7) is 8.81. The number of carbonyl (C=O) groups excluding carboxylic acids is 1. The van der Waals surface area contributed by atoms with Gasteiger partial charge in [0.05, 0.1) is 18.4 Å². The van der Waals surface area contributed by atoms with Crippen molar-refractivity contribution in [3.63, 3.8) is 0 Å². The molecule has 0 unspecified atom stereocenters. The molecular formula is C17H20N4OS. The molecule has 1 amide bonds. The second-order valence-corrected chi connectivity index (χ2v) is 7.75. The van der Waals surface area contributed by atoms with Crippen LogP contribution >= 0.6 is 11.3 Å². The Balaban J connectivity index is 1.65. The Kier molecular flexibility index (Phi) is 3.93. The lowest BCUT2D eigenvalue weighted by molar-refractivity contribution is 0.0950. The Hall–Kier alpha value is -2.21. The number of benzene rings is 1. The van der Waals surface area contributed by atoms with Crippen LogP contribution in [0.3, 0.4) is 0 Å². The van der Waals surface area contributed by atoms with Gasteiger partial charge in [-0.1, -0.05) is 44.2 Å². The molecule has 6 heteroatoms. The Bertz CT molecular complexity index is 808. The van der Waals surface area contributed by atoms with Crippen molar-refractivity contribution in [3.8, 4) is 0 Å². The molecule has 3 rings (SSSR count). The van der Waals surface area contributed by atoms with Gasteiger partial charge in [0.15, 0.2) is 0 Å². The molecule has 0 saturated heterocycles. The van der Waals surface area contributed by atoms with Gasteiger partial charge in [-0.15, -0.1) is 0 Å². The minimum atomic E-state index is -0.0917. The molecule has 0 bridgehead atoms. The van der Waals surface area contributed by atoms with Crippen molar-refractivity contribution >= 4 is 22.2 Å². The van der Waals surface area contributed by atoms with E-state index in [0.29, 0.717) is 12.1 Å². The maximum Gasteiger partial charge on any atom is 0.251 e. The van der Waals surface area contributed by atoms with Crippen LogP contribution < -0.4 is 5.32 Å². The number of rotatable bonds is 3. The first-order chi connectivity index (χ1) is 10.8. The molecule has 1 N–H and O–H groups in total. The fourth-order valence-corrected chi connectivity index (χ4v) is 3.07. The van der Waals surface area contributed by atoms with Gasteiger partial charge in [0.2, 0.25) is 4.96 Å². The Morgan fingerprint density at radius 1 is 1.26 bits per heavy atom. The lowest BCUT2D eigenvalue weighted by Crippen LogP contribution is -2.23. The summed E-state index contributed by atoms with van der Waals surface area (Å²) < 4.78 is 1.75. The molecular weight excluding hydrogens is 308 g/mol. The summed E-state index contributed by atoms with van der Waals surface area (Å²) >= 11 is 1.54. The molecule has 3 aromatic rings. The van der Waals surface area contributed by atoms with Crippen molar-refractivity contribution in [3.05, 3.63) is 52.3 Å². The Morgan fingerprint density at radius 2 is 1.96 bits per heavy atom. The minimum Gasteiger partial charge on any atom is -0.346 e. The predicted octanol–water partition coefficient (Wildman–Crippen LogP) is 3.33. The summed E-state index contributed by atoms with van der Waals surface area (Å²) in [5.74, 6) is -0.0917. The van der Waals surface area contributed by atoms with E-state index in [0.717, 1.165) is 15.7 Å². The molecule has 2 aromatic heterocycles. The molecule has 0 radical (unpaired) electrons. The quantitative estimate of drug-likeness (QED) is 0.802. The van der Waals surface area contributed by atoms with Crippen LogP contribution in [0.1, 0.15) is 47.4 Å². The number of aromatic nitrogens is 3. The molecule has 0 aliphatic heterocycles. The van der Waals surface area contributed by atoms with E-state index < -0.39 is 0 Å². The second-order valence-electron chi connectivity index (χ2n) is 6.59. The van der Waals surface area contributed by atoms with Crippen LogP contribution in [0.2, 0.25) is 0 Å². The van der Waals surface area contributed by atoms with E-state index in [2.05, 4.69) is 36.2 Å². The fourth-order valence-electron chi connectivity index (χ4n) is 2.32. The highest BCUT2D eigenvalue weighted by molar-refractivity contribution is 7.16. The molecule has 1 aromatic carbocycles. The molecule has 120 valence electrons. The zero-order valence-electron chi connectivity index (χ0n) is 13.8. The van der Waals surface area contributed by atoms with Crippen LogP contribution in [0.25, 0.3) is 4.96 Å².